The molecule has 0 saturated carbocycles. The largest absolute Gasteiger partial charge is 0.494 e. The molecule has 0 unspecified atom stereocenters. The predicted octanol–water partition coefficient (Wildman–Crippen LogP) is 4.16. The molecule has 0 aromatic heterocycles. The SMILES string of the molecule is O=C(CCCOc1ccc2c(c1)CCC(=O)N2)Nc1ccc(F)c(Cl)c1. The Labute approximate surface area is 155 Å². The van der Waals surface area contributed by atoms with E-state index in [0.717, 1.165) is 11.3 Å². The second kappa shape index (κ2) is 8.19. The lowest BCUT2D eigenvalue weighted by Gasteiger charge is -2.17. The third-order valence-electron chi connectivity index (χ3n) is 3.99. The number of amides is 2. The molecule has 0 atom stereocenters. The summed E-state index contributed by atoms with van der Waals surface area (Å²) < 4.78 is 18.8. The number of halogens is 2. The standard InChI is InChI=1S/C19H18ClFN2O3/c20-15-11-13(4-6-16(15)21)22-18(24)2-1-9-26-14-5-7-17-12(10-14)3-8-19(25)23-17/h4-7,10-11H,1-3,8-9H2,(H,22,24)(H,23,25). The maximum Gasteiger partial charge on any atom is 0.224 e. The molecule has 136 valence electrons. The minimum Gasteiger partial charge on any atom is -0.494 e. The first kappa shape index (κ1) is 18.2. The normalized spacial score (nSPS) is 12.9. The monoisotopic (exact) mass is 376 g/mol. The molecule has 0 fully saturated rings. The van der Waals surface area contributed by atoms with Crippen LogP contribution in [0.5, 0.6) is 5.75 Å². The van der Waals surface area contributed by atoms with E-state index in [-0.39, 0.29) is 23.3 Å². The number of carbonyl (C=O) groups excluding carboxylic acids is 2. The summed E-state index contributed by atoms with van der Waals surface area (Å²) in [5.41, 5.74) is 2.33. The van der Waals surface area contributed by atoms with Crippen LogP contribution in [0.25, 0.3) is 0 Å². The van der Waals surface area contributed by atoms with Crippen molar-refractivity contribution < 1.29 is 18.7 Å². The lowest BCUT2D eigenvalue weighted by atomic mass is 10.0. The Hall–Kier alpha value is -2.60. The summed E-state index contributed by atoms with van der Waals surface area (Å²) in [6.45, 7) is 0.392. The number of benzene rings is 2. The quantitative estimate of drug-likeness (QED) is 0.744. The zero-order valence-electron chi connectivity index (χ0n) is 14.0. The molecule has 0 radical (unpaired) electrons. The smallest absolute Gasteiger partial charge is 0.224 e. The number of hydrogen-bond acceptors (Lipinski definition) is 3. The van der Waals surface area contributed by atoms with E-state index >= 15 is 0 Å². The third kappa shape index (κ3) is 4.73. The number of hydrogen-bond donors (Lipinski definition) is 2. The fourth-order valence-corrected chi connectivity index (χ4v) is 2.85. The van der Waals surface area contributed by atoms with E-state index < -0.39 is 5.82 Å². The summed E-state index contributed by atoms with van der Waals surface area (Å²) in [7, 11) is 0. The molecule has 2 N–H and O–H groups in total. The van der Waals surface area contributed by atoms with Crippen LogP contribution in [0.2, 0.25) is 5.02 Å². The Morgan fingerprint density at radius 2 is 2.08 bits per heavy atom. The van der Waals surface area contributed by atoms with Crippen molar-refractivity contribution >= 4 is 34.8 Å². The van der Waals surface area contributed by atoms with Crippen molar-refractivity contribution in [3.63, 3.8) is 0 Å². The van der Waals surface area contributed by atoms with Crippen LogP contribution in [-0.2, 0) is 16.0 Å². The minimum atomic E-state index is -0.525. The molecule has 5 nitrogen and oxygen atoms in total. The zero-order chi connectivity index (χ0) is 18.5. The van der Waals surface area contributed by atoms with Crippen molar-refractivity contribution in [2.75, 3.05) is 17.2 Å². The van der Waals surface area contributed by atoms with Gasteiger partial charge < -0.3 is 15.4 Å². The van der Waals surface area contributed by atoms with E-state index in [4.69, 9.17) is 16.3 Å². The van der Waals surface area contributed by atoms with Gasteiger partial charge >= 0.3 is 0 Å². The van der Waals surface area contributed by atoms with Crippen LogP contribution in [0.1, 0.15) is 24.8 Å². The second-order valence-corrected chi connectivity index (χ2v) is 6.40. The highest BCUT2D eigenvalue weighted by atomic mass is 35.5. The number of nitrogens with one attached hydrogen (secondary N) is 2. The Morgan fingerprint density at radius 3 is 2.88 bits per heavy atom. The van der Waals surface area contributed by atoms with Crippen molar-refractivity contribution in [3.05, 3.63) is 52.8 Å². The zero-order valence-corrected chi connectivity index (χ0v) is 14.7. The maximum absolute atomic E-state index is 13.1. The average molecular weight is 377 g/mol. The van der Waals surface area contributed by atoms with Gasteiger partial charge in [0.15, 0.2) is 0 Å². The highest BCUT2D eigenvalue weighted by Gasteiger charge is 2.15. The van der Waals surface area contributed by atoms with E-state index in [1.807, 2.05) is 12.1 Å². The second-order valence-electron chi connectivity index (χ2n) is 6.00. The lowest BCUT2D eigenvalue weighted by molar-refractivity contribution is -0.117. The summed E-state index contributed by atoms with van der Waals surface area (Å²) in [6, 6.07) is 9.57. The first-order valence-corrected chi connectivity index (χ1v) is 8.69. The molecule has 0 bridgehead atoms. The summed E-state index contributed by atoms with van der Waals surface area (Å²) in [6.07, 6.45) is 1.98. The average Bonchev–Trinajstić information content (AvgIpc) is 2.62. The first-order chi connectivity index (χ1) is 12.5. The van der Waals surface area contributed by atoms with Gasteiger partial charge in [-0.3, -0.25) is 9.59 Å². The van der Waals surface area contributed by atoms with Gasteiger partial charge in [0.2, 0.25) is 11.8 Å². The van der Waals surface area contributed by atoms with Gasteiger partial charge in [-0.25, -0.2) is 4.39 Å². The van der Waals surface area contributed by atoms with Crippen molar-refractivity contribution in [2.45, 2.75) is 25.7 Å². The van der Waals surface area contributed by atoms with Crippen LogP contribution in [0.15, 0.2) is 36.4 Å². The molecular weight excluding hydrogens is 359 g/mol. The Balaban J connectivity index is 1.43. The number of fused-ring (bicyclic) bond motifs is 1. The molecule has 0 saturated heterocycles. The van der Waals surface area contributed by atoms with E-state index in [1.54, 1.807) is 6.07 Å². The van der Waals surface area contributed by atoms with E-state index in [9.17, 15) is 14.0 Å². The van der Waals surface area contributed by atoms with Crippen LogP contribution in [0, 0.1) is 5.82 Å². The molecule has 2 aromatic rings. The van der Waals surface area contributed by atoms with Gasteiger partial charge in [0.25, 0.3) is 0 Å². The van der Waals surface area contributed by atoms with Crippen LogP contribution in [0.4, 0.5) is 15.8 Å². The Kier molecular flexibility index (Phi) is 5.73. The first-order valence-electron chi connectivity index (χ1n) is 8.32. The van der Waals surface area contributed by atoms with Crippen LogP contribution < -0.4 is 15.4 Å². The number of anilines is 2. The molecular formula is C19H18ClFN2O3. The highest BCUT2D eigenvalue weighted by molar-refractivity contribution is 6.31. The third-order valence-corrected chi connectivity index (χ3v) is 4.28. The Morgan fingerprint density at radius 1 is 1.23 bits per heavy atom. The highest BCUT2D eigenvalue weighted by Crippen LogP contribution is 2.27. The summed E-state index contributed by atoms with van der Waals surface area (Å²) in [4.78, 5) is 23.2. The van der Waals surface area contributed by atoms with Gasteiger partial charge in [-0.1, -0.05) is 11.6 Å². The lowest BCUT2D eigenvalue weighted by Crippen LogP contribution is -2.18. The van der Waals surface area contributed by atoms with Crippen LogP contribution in [0.3, 0.4) is 0 Å². The summed E-state index contributed by atoms with van der Waals surface area (Å²) >= 11 is 5.68. The van der Waals surface area contributed by atoms with Crippen molar-refractivity contribution in [2.24, 2.45) is 0 Å². The van der Waals surface area contributed by atoms with Gasteiger partial charge in [0.05, 0.1) is 11.6 Å². The molecule has 1 aliphatic rings. The molecule has 26 heavy (non-hydrogen) atoms. The summed E-state index contributed by atoms with van der Waals surface area (Å²) in [5, 5.41) is 5.45. The fraction of sp³-hybridized carbons (Fsp3) is 0.263. The van der Waals surface area contributed by atoms with Crippen molar-refractivity contribution in [3.8, 4) is 5.75 Å². The number of ether oxygens (including phenoxy) is 1. The summed E-state index contributed by atoms with van der Waals surface area (Å²) in [5.74, 6) is 0.0253. The van der Waals surface area contributed by atoms with E-state index in [0.29, 0.717) is 37.3 Å². The Bertz CT molecular complexity index is 842. The van der Waals surface area contributed by atoms with Gasteiger partial charge in [-0.15, -0.1) is 0 Å². The topological polar surface area (TPSA) is 67.4 Å². The molecule has 3 rings (SSSR count). The number of carbonyl (C=O) groups is 2. The predicted molar refractivity (Wildman–Crippen MR) is 98.2 cm³/mol. The van der Waals surface area contributed by atoms with Gasteiger partial charge in [-0.05, 0) is 54.8 Å². The maximum atomic E-state index is 13.1. The minimum absolute atomic E-state index is 0.0274. The fourth-order valence-electron chi connectivity index (χ4n) is 2.67. The van der Waals surface area contributed by atoms with Crippen molar-refractivity contribution in [1.82, 2.24) is 0 Å². The molecule has 0 aliphatic carbocycles. The van der Waals surface area contributed by atoms with Crippen molar-refractivity contribution in [1.29, 1.82) is 0 Å². The molecule has 0 spiro atoms. The van der Waals surface area contributed by atoms with Gasteiger partial charge in [0.1, 0.15) is 11.6 Å². The molecule has 2 amide bonds. The molecule has 7 heteroatoms. The molecule has 1 heterocycles. The van der Waals surface area contributed by atoms with E-state index in [2.05, 4.69) is 10.6 Å². The van der Waals surface area contributed by atoms with Gasteiger partial charge in [-0.2, -0.15) is 0 Å². The molecule has 2 aromatic carbocycles. The van der Waals surface area contributed by atoms with E-state index in [1.165, 1.54) is 18.2 Å². The van der Waals surface area contributed by atoms with Crippen LogP contribution >= 0.6 is 11.6 Å². The van der Waals surface area contributed by atoms with Crippen LogP contribution in [-0.4, -0.2) is 18.4 Å². The molecule has 1 aliphatic heterocycles. The number of aryl methyl sites for hydroxylation is 1. The van der Waals surface area contributed by atoms with Gasteiger partial charge in [0, 0.05) is 24.2 Å². The number of rotatable bonds is 6.